The van der Waals surface area contributed by atoms with E-state index >= 15 is 0 Å². The lowest BCUT2D eigenvalue weighted by Gasteiger charge is -2.50. The van der Waals surface area contributed by atoms with Crippen LogP contribution in [0.4, 0.5) is 8.78 Å². The maximum atomic E-state index is 12.9. The fraction of sp³-hybridized carbons (Fsp3) is 0.737. The first-order valence-corrected chi connectivity index (χ1v) is 9.42. The Bertz CT molecular complexity index is 661. The Hall–Kier alpha value is -1.47. The number of amides is 1. The number of hydrogen-bond donors (Lipinski definition) is 1. The van der Waals surface area contributed by atoms with Gasteiger partial charge in [-0.25, -0.2) is 8.78 Å². The third-order valence-corrected chi connectivity index (χ3v) is 6.01. The van der Waals surface area contributed by atoms with E-state index < -0.39 is 11.8 Å². The number of carbonyl (C=O) groups is 1. The van der Waals surface area contributed by atoms with E-state index in [-0.39, 0.29) is 24.3 Å². The van der Waals surface area contributed by atoms with E-state index in [1.54, 1.807) is 0 Å². The number of carbonyl (C=O) groups excluding carboxylic acids is 1. The standard InChI is InChI=1S/C19H26F2N2O3/c1-13-2-3-16(26-13)10-23-11-18(12-23)15(5-7-25-18)4-6-22-17(24)14-8-19(20,21)9-14/h2-3,14-15H,4-12H2,1H3,(H,22,24)/t15-/m1/s1. The van der Waals surface area contributed by atoms with Crippen molar-refractivity contribution in [3.05, 3.63) is 23.7 Å². The molecular weight excluding hydrogens is 342 g/mol. The van der Waals surface area contributed by atoms with Crippen molar-refractivity contribution in [2.24, 2.45) is 11.8 Å². The highest BCUT2D eigenvalue weighted by atomic mass is 19.3. The van der Waals surface area contributed by atoms with Crippen LogP contribution in [0.5, 0.6) is 0 Å². The quantitative estimate of drug-likeness (QED) is 0.839. The predicted octanol–water partition coefficient (Wildman–Crippen LogP) is 2.73. The number of alkyl halides is 2. The minimum absolute atomic E-state index is 0.115. The molecule has 7 heteroatoms. The number of nitrogens with one attached hydrogen (secondary N) is 1. The second-order valence-corrected chi connectivity index (χ2v) is 8.10. The van der Waals surface area contributed by atoms with Gasteiger partial charge in [-0.15, -0.1) is 0 Å². The Balaban J connectivity index is 1.20. The zero-order chi connectivity index (χ0) is 18.4. The van der Waals surface area contributed by atoms with Gasteiger partial charge in [-0.2, -0.15) is 0 Å². The van der Waals surface area contributed by atoms with Gasteiger partial charge < -0.3 is 14.5 Å². The molecule has 1 aromatic rings. The summed E-state index contributed by atoms with van der Waals surface area (Å²) in [6.45, 7) is 5.77. The fourth-order valence-corrected chi connectivity index (χ4v) is 4.52. The maximum Gasteiger partial charge on any atom is 0.249 e. The highest BCUT2D eigenvalue weighted by Crippen LogP contribution is 2.43. The molecule has 1 amide bonds. The first-order chi connectivity index (χ1) is 12.4. The molecule has 1 N–H and O–H groups in total. The monoisotopic (exact) mass is 368 g/mol. The number of aryl methyl sites for hydroxylation is 1. The highest BCUT2D eigenvalue weighted by Gasteiger charge is 2.53. The third-order valence-electron chi connectivity index (χ3n) is 6.01. The molecule has 2 saturated heterocycles. The van der Waals surface area contributed by atoms with Crippen LogP contribution in [-0.2, 0) is 16.1 Å². The van der Waals surface area contributed by atoms with E-state index in [4.69, 9.17) is 9.15 Å². The van der Waals surface area contributed by atoms with Crippen molar-refractivity contribution in [2.45, 2.75) is 50.7 Å². The maximum absolute atomic E-state index is 12.9. The van der Waals surface area contributed by atoms with E-state index in [1.165, 1.54) is 0 Å². The largest absolute Gasteiger partial charge is 0.465 e. The van der Waals surface area contributed by atoms with E-state index in [9.17, 15) is 13.6 Å². The molecule has 3 aliphatic rings. The summed E-state index contributed by atoms with van der Waals surface area (Å²) in [7, 11) is 0. The van der Waals surface area contributed by atoms with Crippen LogP contribution in [0.1, 0.15) is 37.2 Å². The minimum atomic E-state index is -2.65. The number of hydrogen-bond acceptors (Lipinski definition) is 4. The summed E-state index contributed by atoms with van der Waals surface area (Å²) in [5, 5.41) is 2.83. The molecule has 1 atom stereocenters. The Labute approximate surface area is 152 Å². The molecule has 2 aliphatic heterocycles. The van der Waals surface area contributed by atoms with E-state index in [2.05, 4.69) is 10.2 Å². The lowest BCUT2D eigenvalue weighted by atomic mass is 9.78. The average molecular weight is 368 g/mol. The summed E-state index contributed by atoms with van der Waals surface area (Å²) in [6.07, 6.45) is 1.21. The Kier molecular flexibility index (Phi) is 4.55. The van der Waals surface area contributed by atoms with Crippen molar-refractivity contribution in [1.29, 1.82) is 0 Å². The molecule has 26 heavy (non-hydrogen) atoms. The minimum Gasteiger partial charge on any atom is -0.465 e. The molecule has 0 aromatic carbocycles. The van der Waals surface area contributed by atoms with Gasteiger partial charge in [0.15, 0.2) is 0 Å². The summed E-state index contributed by atoms with van der Waals surface area (Å²) >= 11 is 0. The van der Waals surface area contributed by atoms with Gasteiger partial charge in [0, 0.05) is 45.0 Å². The van der Waals surface area contributed by atoms with Crippen LogP contribution in [0, 0.1) is 18.8 Å². The molecule has 1 spiro atoms. The zero-order valence-electron chi connectivity index (χ0n) is 15.1. The van der Waals surface area contributed by atoms with Gasteiger partial charge in [-0.3, -0.25) is 9.69 Å². The van der Waals surface area contributed by atoms with Crippen LogP contribution < -0.4 is 5.32 Å². The van der Waals surface area contributed by atoms with Gasteiger partial charge in [0.25, 0.3) is 0 Å². The molecule has 4 rings (SSSR count). The van der Waals surface area contributed by atoms with E-state index in [1.807, 2.05) is 19.1 Å². The Morgan fingerprint density at radius 1 is 1.35 bits per heavy atom. The number of halogens is 2. The molecule has 1 aromatic heterocycles. The van der Waals surface area contributed by atoms with Crippen LogP contribution in [0.25, 0.3) is 0 Å². The van der Waals surface area contributed by atoms with Crippen molar-refractivity contribution in [2.75, 3.05) is 26.2 Å². The normalized spacial score (nSPS) is 27.3. The Morgan fingerprint density at radius 2 is 2.12 bits per heavy atom. The smallest absolute Gasteiger partial charge is 0.249 e. The van der Waals surface area contributed by atoms with Crippen molar-refractivity contribution in [1.82, 2.24) is 10.2 Å². The highest BCUT2D eigenvalue weighted by molar-refractivity contribution is 5.79. The summed E-state index contributed by atoms with van der Waals surface area (Å²) in [5.41, 5.74) is -0.115. The molecule has 0 bridgehead atoms. The van der Waals surface area contributed by atoms with Crippen LogP contribution in [-0.4, -0.2) is 48.6 Å². The first-order valence-electron chi connectivity index (χ1n) is 9.42. The topological polar surface area (TPSA) is 54.7 Å². The van der Waals surface area contributed by atoms with Crippen molar-refractivity contribution < 1.29 is 22.7 Å². The lowest BCUT2D eigenvalue weighted by molar-refractivity contribution is -0.150. The predicted molar refractivity (Wildman–Crippen MR) is 90.8 cm³/mol. The van der Waals surface area contributed by atoms with Crippen LogP contribution >= 0.6 is 0 Å². The van der Waals surface area contributed by atoms with Crippen LogP contribution in [0.2, 0.25) is 0 Å². The Morgan fingerprint density at radius 3 is 2.77 bits per heavy atom. The van der Waals surface area contributed by atoms with Gasteiger partial charge in [-0.1, -0.05) is 0 Å². The summed E-state index contributed by atoms with van der Waals surface area (Å²) in [6, 6.07) is 3.98. The summed E-state index contributed by atoms with van der Waals surface area (Å²) in [5.74, 6) is -1.10. The van der Waals surface area contributed by atoms with Crippen molar-refractivity contribution in [3.63, 3.8) is 0 Å². The molecule has 144 valence electrons. The van der Waals surface area contributed by atoms with E-state index in [0.29, 0.717) is 12.5 Å². The molecule has 0 radical (unpaired) electrons. The number of likely N-dealkylation sites (tertiary alicyclic amines) is 1. The molecular formula is C19H26F2N2O3. The van der Waals surface area contributed by atoms with Crippen molar-refractivity contribution in [3.8, 4) is 0 Å². The number of ether oxygens (including phenoxy) is 1. The average Bonchev–Trinajstić information content (AvgIpc) is 3.11. The molecule has 1 aliphatic carbocycles. The van der Waals surface area contributed by atoms with Gasteiger partial charge in [0.2, 0.25) is 11.8 Å². The molecule has 0 unspecified atom stereocenters. The summed E-state index contributed by atoms with van der Waals surface area (Å²) < 4.78 is 37.4. The zero-order valence-corrected chi connectivity index (χ0v) is 15.1. The molecule has 3 heterocycles. The fourth-order valence-electron chi connectivity index (χ4n) is 4.52. The van der Waals surface area contributed by atoms with Crippen LogP contribution in [0.3, 0.4) is 0 Å². The molecule has 3 fully saturated rings. The SMILES string of the molecule is Cc1ccc(CN2CC3(C2)OCC[C@H]3CCNC(=O)C2CC(F)(F)C2)o1. The van der Waals surface area contributed by atoms with Gasteiger partial charge >= 0.3 is 0 Å². The third kappa shape index (κ3) is 3.51. The van der Waals surface area contributed by atoms with Gasteiger partial charge in [-0.05, 0) is 37.8 Å². The van der Waals surface area contributed by atoms with Gasteiger partial charge in [0.05, 0.1) is 12.1 Å². The van der Waals surface area contributed by atoms with Crippen LogP contribution in [0.15, 0.2) is 16.5 Å². The lowest BCUT2D eigenvalue weighted by Crippen LogP contribution is -2.64. The van der Waals surface area contributed by atoms with Crippen molar-refractivity contribution >= 4 is 5.91 Å². The number of furan rings is 1. The second-order valence-electron chi connectivity index (χ2n) is 8.10. The first kappa shape index (κ1) is 17.9. The second kappa shape index (κ2) is 6.60. The summed E-state index contributed by atoms with van der Waals surface area (Å²) in [4.78, 5) is 14.2. The van der Waals surface area contributed by atoms with Gasteiger partial charge in [0.1, 0.15) is 11.5 Å². The molecule has 5 nitrogen and oxygen atoms in total. The number of rotatable bonds is 6. The number of nitrogens with zero attached hydrogens (tertiary/aromatic N) is 1. The van der Waals surface area contributed by atoms with E-state index in [0.717, 1.165) is 50.6 Å². The molecule has 1 saturated carbocycles.